The predicted molar refractivity (Wildman–Crippen MR) is 82.4 cm³/mol. The first-order valence-electron chi connectivity index (χ1n) is 7.57. The summed E-state index contributed by atoms with van der Waals surface area (Å²) in [4.78, 5) is 16.5. The van der Waals surface area contributed by atoms with Gasteiger partial charge in [0.1, 0.15) is 30.2 Å². The molecule has 10 nitrogen and oxygen atoms in total. The van der Waals surface area contributed by atoms with Crippen molar-refractivity contribution in [3.8, 4) is 17.4 Å². The van der Waals surface area contributed by atoms with Crippen molar-refractivity contribution in [2.24, 2.45) is 4.99 Å². The summed E-state index contributed by atoms with van der Waals surface area (Å²) in [5.74, 6) is 0.189. The van der Waals surface area contributed by atoms with E-state index in [4.69, 9.17) is 9.84 Å². The summed E-state index contributed by atoms with van der Waals surface area (Å²) in [6, 6.07) is 5.22. The van der Waals surface area contributed by atoms with Crippen LogP contribution in [0.15, 0.2) is 35.7 Å². The van der Waals surface area contributed by atoms with Gasteiger partial charge in [-0.05, 0) is 12.1 Å². The predicted octanol–water partition coefficient (Wildman–Crippen LogP) is -1.73. The highest BCUT2D eigenvalue weighted by Gasteiger charge is 2.42. The quantitative estimate of drug-likeness (QED) is 0.401. The Morgan fingerprint density at radius 1 is 1.20 bits per heavy atom. The van der Waals surface area contributed by atoms with E-state index in [-0.39, 0.29) is 17.1 Å². The fraction of sp³-hybridized carbons (Fsp3) is 0.333. The molecule has 0 saturated carbocycles. The van der Waals surface area contributed by atoms with Gasteiger partial charge in [0.15, 0.2) is 23.2 Å². The molecule has 1 aromatic rings. The molecule has 1 aromatic heterocycles. The monoisotopic (exact) mass is 345 g/mol. The molecule has 0 aliphatic carbocycles. The number of fused-ring (bicyclic) bond motifs is 3. The molecule has 0 bridgehead atoms. The third-order valence-corrected chi connectivity index (χ3v) is 4.09. The lowest BCUT2D eigenvalue weighted by atomic mass is 10.1. The highest BCUT2D eigenvalue weighted by Crippen LogP contribution is 2.24. The normalized spacial score (nSPS) is 27.4. The molecule has 3 aliphatic heterocycles. The number of rotatable bonds is 2. The molecule has 1 saturated heterocycles. The highest BCUT2D eigenvalue weighted by atomic mass is 16.6. The first-order valence-corrected chi connectivity index (χ1v) is 7.57. The summed E-state index contributed by atoms with van der Waals surface area (Å²) in [5, 5.41) is 39.1. The number of aromatic nitrogens is 4. The molecule has 0 spiro atoms. The van der Waals surface area contributed by atoms with Crippen LogP contribution in [0.25, 0.3) is 17.0 Å². The van der Waals surface area contributed by atoms with Crippen LogP contribution >= 0.6 is 0 Å². The van der Waals surface area contributed by atoms with Crippen LogP contribution < -0.4 is 5.49 Å². The van der Waals surface area contributed by atoms with Crippen LogP contribution in [0.5, 0.6) is 5.88 Å². The van der Waals surface area contributed by atoms with E-state index >= 15 is 0 Å². The van der Waals surface area contributed by atoms with Gasteiger partial charge >= 0.3 is 0 Å². The first kappa shape index (κ1) is 15.8. The molecule has 4 N–H and O–H groups in total. The maximum atomic E-state index is 10.1. The number of aliphatic hydroxyl groups is 3. The Balaban J connectivity index is 1.88. The van der Waals surface area contributed by atoms with Crippen molar-refractivity contribution in [1.29, 1.82) is 0 Å². The van der Waals surface area contributed by atoms with Crippen LogP contribution in [0.3, 0.4) is 0 Å². The number of aliphatic hydroxyl groups excluding tert-OH is 3. The van der Waals surface area contributed by atoms with Gasteiger partial charge < -0.3 is 25.2 Å². The smallest absolute Gasteiger partial charge is 0.236 e. The van der Waals surface area contributed by atoms with Gasteiger partial charge in [-0.3, -0.25) is 4.40 Å². The Kier molecular flexibility index (Phi) is 3.81. The minimum Gasteiger partial charge on any atom is -0.492 e. The molecule has 3 aliphatic rings. The Hall–Kier alpha value is -2.66. The first-order chi connectivity index (χ1) is 12.1. The average molecular weight is 345 g/mol. The summed E-state index contributed by atoms with van der Waals surface area (Å²) < 4.78 is 6.97. The van der Waals surface area contributed by atoms with Crippen molar-refractivity contribution in [3.63, 3.8) is 0 Å². The van der Waals surface area contributed by atoms with Crippen LogP contribution in [-0.2, 0) is 4.74 Å². The minimum atomic E-state index is -1.32. The topological polar surface area (TPSA) is 146 Å². The number of pyridine rings is 1. The number of nitrogens with zero attached hydrogens (tertiary/aromatic N) is 5. The molecule has 0 amide bonds. The van der Waals surface area contributed by atoms with E-state index in [1.165, 1.54) is 6.33 Å². The second kappa shape index (κ2) is 6.01. The van der Waals surface area contributed by atoms with E-state index in [1.54, 1.807) is 28.8 Å². The lowest BCUT2D eigenvalue weighted by Gasteiger charge is -2.12. The standard InChI is InChI=1S/C15H15N5O5/c21-5-8-10(22)11(23)15(25-8)19-12-9-13(17-6-16-12)20-4-2-1-3-7(20)14(24)18-9/h1-4,6,8,10-11,15,21-24H,5H2/b19-12-/t8-,10-,11-,15-/m1/s1. The van der Waals surface area contributed by atoms with Crippen LogP contribution in [0.2, 0.25) is 0 Å². The van der Waals surface area contributed by atoms with E-state index < -0.39 is 31.1 Å². The zero-order valence-electron chi connectivity index (χ0n) is 12.8. The maximum absolute atomic E-state index is 10.1. The lowest BCUT2D eigenvalue weighted by molar-refractivity contribution is -0.0204. The molecule has 4 rings (SSSR count). The second-order valence-corrected chi connectivity index (χ2v) is 5.62. The van der Waals surface area contributed by atoms with Crippen LogP contribution in [0.4, 0.5) is 0 Å². The van der Waals surface area contributed by atoms with Gasteiger partial charge in [-0.25, -0.2) is 19.9 Å². The van der Waals surface area contributed by atoms with Gasteiger partial charge in [-0.15, -0.1) is 0 Å². The van der Waals surface area contributed by atoms with E-state index in [1.807, 2.05) is 0 Å². The summed E-state index contributed by atoms with van der Waals surface area (Å²) in [7, 11) is 0. The van der Waals surface area contributed by atoms with Gasteiger partial charge in [0, 0.05) is 6.20 Å². The fourth-order valence-corrected chi connectivity index (χ4v) is 2.81. The Labute approximate surface area is 140 Å². The lowest BCUT2D eigenvalue weighted by Crippen LogP contribution is -2.34. The summed E-state index contributed by atoms with van der Waals surface area (Å²) in [5.41, 5.74) is 0.766. The molecule has 130 valence electrons. The van der Waals surface area contributed by atoms with Crippen molar-refractivity contribution in [2.45, 2.75) is 24.5 Å². The van der Waals surface area contributed by atoms with Gasteiger partial charge in [-0.1, -0.05) is 6.07 Å². The third-order valence-electron chi connectivity index (χ3n) is 4.09. The Morgan fingerprint density at radius 2 is 2.04 bits per heavy atom. The van der Waals surface area contributed by atoms with Crippen molar-refractivity contribution in [1.82, 2.24) is 19.4 Å². The molecule has 25 heavy (non-hydrogen) atoms. The van der Waals surface area contributed by atoms with Crippen molar-refractivity contribution < 1.29 is 25.2 Å². The van der Waals surface area contributed by atoms with Crippen molar-refractivity contribution in [2.75, 3.05) is 6.61 Å². The largest absolute Gasteiger partial charge is 0.492 e. The number of ether oxygens (including phenoxy) is 1. The summed E-state index contributed by atoms with van der Waals surface area (Å²) >= 11 is 0. The third kappa shape index (κ3) is 2.51. The summed E-state index contributed by atoms with van der Waals surface area (Å²) in [6.07, 6.45) is -1.64. The number of hydrogen-bond acceptors (Lipinski definition) is 9. The molecule has 10 heteroatoms. The van der Waals surface area contributed by atoms with Gasteiger partial charge in [0.25, 0.3) is 0 Å². The fourth-order valence-electron chi connectivity index (χ4n) is 2.81. The zero-order valence-corrected chi connectivity index (χ0v) is 12.8. The zero-order chi connectivity index (χ0) is 17.6. The van der Waals surface area contributed by atoms with E-state index in [9.17, 15) is 15.3 Å². The van der Waals surface area contributed by atoms with Crippen molar-refractivity contribution >= 4 is 5.52 Å². The molecule has 0 unspecified atom stereocenters. The van der Waals surface area contributed by atoms with Crippen LogP contribution in [0, 0.1) is 0 Å². The van der Waals surface area contributed by atoms with Crippen LogP contribution in [0.1, 0.15) is 0 Å². The Morgan fingerprint density at radius 3 is 2.80 bits per heavy atom. The number of hydrogen-bond donors (Lipinski definition) is 4. The second-order valence-electron chi connectivity index (χ2n) is 5.62. The molecule has 1 fully saturated rings. The molecule has 0 radical (unpaired) electrons. The van der Waals surface area contributed by atoms with E-state index in [0.717, 1.165) is 0 Å². The van der Waals surface area contributed by atoms with E-state index in [0.29, 0.717) is 11.3 Å². The van der Waals surface area contributed by atoms with E-state index in [2.05, 4.69) is 19.9 Å². The molecule has 0 aromatic carbocycles. The molecular formula is C15H15N5O5. The molecule has 4 atom stereocenters. The molecule has 4 heterocycles. The highest BCUT2D eigenvalue weighted by molar-refractivity contribution is 5.64. The number of aromatic hydroxyl groups is 1. The SMILES string of the molecule is OC[C@H]1O[C@@H](/N=c2\ncnc3n4ccccc4c(O)nc2-3)[C@H](O)[C@@H]1O. The average Bonchev–Trinajstić information content (AvgIpc) is 2.90. The van der Waals surface area contributed by atoms with Gasteiger partial charge in [-0.2, -0.15) is 0 Å². The minimum absolute atomic E-state index is 0.0911. The van der Waals surface area contributed by atoms with Crippen LogP contribution in [-0.4, -0.2) is 70.9 Å². The molecular weight excluding hydrogens is 330 g/mol. The van der Waals surface area contributed by atoms with Gasteiger partial charge in [0.2, 0.25) is 5.88 Å². The maximum Gasteiger partial charge on any atom is 0.236 e. The van der Waals surface area contributed by atoms with Crippen molar-refractivity contribution in [3.05, 3.63) is 36.2 Å². The van der Waals surface area contributed by atoms with Gasteiger partial charge in [0.05, 0.1) is 6.61 Å². The summed E-state index contributed by atoms with van der Waals surface area (Å²) in [6.45, 7) is -0.450. The Bertz CT molecular complexity index is 961.